The van der Waals surface area contributed by atoms with E-state index in [1.807, 2.05) is 31.2 Å². The summed E-state index contributed by atoms with van der Waals surface area (Å²) in [4.78, 5) is 24.5. The van der Waals surface area contributed by atoms with Crippen molar-refractivity contribution in [1.82, 2.24) is 14.9 Å². The number of methoxy groups -OCH3 is 1. The number of halogens is 1. The Bertz CT molecular complexity index is 1540. The standard InChI is InChI=1S/C32H41ClN6O3Si/c1-20-27(42-43(7,8)32(2,3)4)12-11-26(33)28(20)37-29(40)25-19-35-31(38-30(25)41-6)36-23-9-10-24(22(17-23)18-34)21-13-15-39(5)16-14-21/h9-12,17,19,21H,13-16H2,1-8H3,(H,37,40)(H,35,36,38). The van der Waals surface area contributed by atoms with E-state index in [0.717, 1.165) is 37.1 Å². The van der Waals surface area contributed by atoms with Gasteiger partial charge >= 0.3 is 0 Å². The molecule has 3 aromatic rings. The Morgan fingerprint density at radius 1 is 1.19 bits per heavy atom. The van der Waals surface area contributed by atoms with Gasteiger partial charge in [0, 0.05) is 17.4 Å². The van der Waals surface area contributed by atoms with Gasteiger partial charge in [-0.05, 0) is 93.8 Å². The molecule has 1 saturated heterocycles. The Balaban J connectivity index is 1.53. The van der Waals surface area contributed by atoms with Crippen molar-refractivity contribution in [3.05, 3.63) is 63.8 Å². The molecule has 228 valence electrons. The molecule has 0 bridgehead atoms. The first-order valence-corrected chi connectivity index (χ1v) is 17.7. The maximum atomic E-state index is 13.4. The van der Waals surface area contributed by atoms with Gasteiger partial charge in [-0.3, -0.25) is 4.79 Å². The largest absolute Gasteiger partial charge is 0.543 e. The van der Waals surface area contributed by atoms with E-state index in [4.69, 9.17) is 20.8 Å². The first kappa shape index (κ1) is 32.3. The van der Waals surface area contributed by atoms with E-state index >= 15 is 0 Å². The number of rotatable bonds is 8. The lowest BCUT2D eigenvalue weighted by Gasteiger charge is -2.37. The lowest BCUT2D eigenvalue weighted by molar-refractivity contribution is 0.102. The van der Waals surface area contributed by atoms with Gasteiger partial charge in [0.05, 0.1) is 29.5 Å². The number of hydrogen-bond acceptors (Lipinski definition) is 8. The predicted octanol–water partition coefficient (Wildman–Crippen LogP) is 7.51. The minimum Gasteiger partial charge on any atom is -0.543 e. The van der Waals surface area contributed by atoms with E-state index in [-0.39, 0.29) is 22.4 Å². The molecule has 0 spiro atoms. The fourth-order valence-electron chi connectivity index (χ4n) is 4.81. The summed E-state index contributed by atoms with van der Waals surface area (Å²) in [5.41, 5.74) is 3.72. The molecule has 0 aliphatic carbocycles. The number of amides is 1. The molecule has 43 heavy (non-hydrogen) atoms. The second kappa shape index (κ2) is 12.9. The first-order valence-electron chi connectivity index (χ1n) is 14.4. The summed E-state index contributed by atoms with van der Waals surface area (Å²) in [6.45, 7) is 14.8. The number of nitrogens with one attached hydrogen (secondary N) is 2. The van der Waals surface area contributed by atoms with Gasteiger partial charge in [-0.15, -0.1) is 0 Å². The third kappa shape index (κ3) is 7.29. The van der Waals surface area contributed by atoms with Crippen LogP contribution in [0.3, 0.4) is 0 Å². The number of nitrogens with zero attached hydrogens (tertiary/aromatic N) is 4. The molecule has 2 aromatic carbocycles. The smallest absolute Gasteiger partial charge is 0.262 e. The second-order valence-corrected chi connectivity index (χ2v) is 17.7. The highest BCUT2D eigenvalue weighted by atomic mass is 35.5. The zero-order valence-electron chi connectivity index (χ0n) is 26.3. The summed E-state index contributed by atoms with van der Waals surface area (Å²) in [5, 5.41) is 16.3. The number of carbonyl (C=O) groups excluding carboxylic acids is 1. The van der Waals surface area contributed by atoms with Crippen LogP contribution in [0.2, 0.25) is 23.2 Å². The maximum Gasteiger partial charge on any atom is 0.262 e. The summed E-state index contributed by atoms with van der Waals surface area (Å²) in [6, 6.07) is 11.7. The number of benzene rings is 2. The molecular weight excluding hydrogens is 580 g/mol. The summed E-state index contributed by atoms with van der Waals surface area (Å²) in [6.07, 6.45) is 3.46. The first-order chi connectivity index (χ1) is 20.2. The van der Waals surface area contributed by atoms with Crippen LogP contribution < -0.4 is 19.8 Å². The highest BCUT2D eigenvalue weighted by Crippen LogP contribution is 2.41. The van der Waals surface area contributed by atoms with Crippen molar-refractivity contribution < 1.29 is 14.0 Å². The number of likely N-dealkylation sites (tertiary alicyclic amines) is 1. The molecule has 2 N–H and O–H groups in total. The molecule has 1 fully saturated rings. The van der Waals surface area contributed by atoms with Gasteiger partial charge in [-0.1, -0.05) is 38.4 Å². The van der Waals surface area contributed by atoms with Crippen molar-refractivity contribution in [2.24, 2.45) is 0 Å². The third-order valence-corrected chi connectivity index (χ3v) is 13.2. The lowest BCUT2D eigenvalue weighted by atomic mass is 9.86. The van der Waals surface area contributed by atoms with E-state index in [1.54, 1.807) is 6.07 Å². The highest BCUT2D eigenvalue weighted by Gasteiger charge is 2.39. The molecule has 0 radical (unpaired) electrons. The van der Waals surface area contributed by atoms with Gasteiger partial charge in [0.25, 0.3) is 5.91 Å². The summed E-state index contributed by atoms with van der Waals surface area (Å²) in [5.74, 6) is 0.925. The molecule has 1 aromatic heterocycles. The molecule has 0 atom stereocenters. The Labute approximate surface area is 260 Å². The van der Waals surface area contributed by atoms with Gasteiger partial charge in [0.1, 0.15) is 11.3 Å². The van der Waals surface area contributed by atoms with Crippen LogP contribution in [-0.2, 0) is 0 Å². The van der Waals surface area contributed by atoms with Gasteiger partial charge in [0.15, 0.2) is 0 Å². The van der Waals surface area contributed by atoms with Crippen molar-refractivity contribution in [2.45, 2.75) is 64.6 Å². The molecule has 0 unspecified atom stereocenters. The molecule has 4 rings (SSSR count). The number of hydrogen-bond donors (Lipinski definition) is 2. The lowest BCUT2D eigenvalue weighted by Crippen LogP contribution is -2.44. The number of piperidine rings is 1. The van der Waals surface area contributed by atoms with E-state index in [2.05, 4.69) is 72.5 Å². The number of nitriles is 1. The van der Waals surface area contributed by atoms with E-state index in [1.165, 1.54) is 13.3 Å². The summed E-state index contributed by atoms with van der Waals surface area (Å²) in [7, 11) is 1.45. The Hall–Kier alpha value is -3.65. The summed E-state index contributed by atoms with van der Waals surface area (Å²) >= 11 is 6.52. The van der Waals surface area contributed by atoms with Crippen LogP contribution in [0.25, 0.3) is 0 Å². The van der Waals surface area contributed by atoms with Crippen molar-refractivity contribution in [2.75, 3.05) is 37.9 Å². The Morgan fingerprint density at radius 2 is 1.88 bits per heavy atom. The Kier molecular flexibility index (Phi) is 9.69. The van der Waals surface area contributed by atoms with Crippen LogP contribution in [0.1, 0.15) is 66.6 Å². The molecule has 11 heteroatoms. The normalized spacial score (nSPS) is 14.6. The number of anilines is 3. The highest BCUT2D eigenvalue weighted by molar-refractivity contribution is 6.74. The van der Waals surface area contributed by atoms with E-state index in [9.17, 15) is 10.1 Å². The molecule has 1 amide bonds. The Morgan fingerprint density at radius 3 is 2.51 bits per heavy atom. The van der Waals surface area contributed by atoms with Crippen LogP contribution in [-0.4, -0.2) is 56.3 Å². The van der Waals surface area contributed by atoms with Crippen LogP contribution >= 0.6 is 11.6 Å². The fraction of sp³-hybridized carbons (Fsp3) is 0.438. The predicted molar refractivity (Wildman–Crippen MR) is 174 cm³/mol. The molecule has 2 heterocycles. The second-order valence-electron chi connectivity index (χ2n) is 12.6. The number of ether oxygens (including phenoxy) is 1. The van der Waals surface area contributed by atoms with Crippen molar-refractivity contribution >= 4 is 43.1 Å². The molecule has 0 saturated carbocycles. The molecular formula is C32H41ClN6O3Si. The molecule has 9 nitrogen and oxygen atoms in total. The molecule has 1 aliphatic heterocycles. The van der Waals surface area contributed by atoms with Gasteiger partial charge < -0.3 is 24.7 Å². The monoisotopic (exact) mass is 620 g/mol. The number of carbonyl (C=O) groups is 1. The van der Waals surface area contributed by atoms with Crippen LogP contribution in [0.5, 0.6) is 11.6 Å². The van der Waals surface area contributed by atoms with Gasteiger partial charge in [0.2, 0.25) is 20.1 Å². The minimum atomic E-state index is -2.12. The van der Waals surface area contributed by atoms with Crippen molar-refractivity contribution in [1.29, 1.82) is 5.26 Å². The van der Waals surface area contributed by atoms with E-state index in [0.29, 0.717) is 33.6 Å². The van der Waals surface area contributed by atoms with E-state index < -0.39 is 14.2 Å². The van der Waals surface area contributed by atoms with Gasteiger partial charge in [-0.25, -0.2) is 4.98 Å². The van der Waals surface area contributed by atoms with Crippen molar-refractivity contribution in [3.63, 3.8) is 0 Å². The molecule has 1 aliphatic rings. The third-order valence-electron chi connectivity index (χ3n) is 8.55. The zero-order chi connectivity index (χ0) is 31.5. The topological polar surface area (TPSA) is 112 Å². The SMILES string of the molecule is COc1nc(Nc2ccc(C3CCN(C)CC3)c(C#N)c2)ncc1C(=O)Nc1c(Cl)ccc(O[Si](C)(C)C(C)(C)C)c1C. The zero-order valence-corrected chi connectivity index (χ0v) is 28.0. The van der Waals surface area contributed by atoms with Gasteiger partial charge in [-0.2, -0.15) is 10.2 Å². The quantitative estimate of drug-likeness (QED) is 0.249. The minimum absolute atomic E-state index is 0.00781. The summed E-state index contributed by atoms with van der Waals surface area (Å²) < 4.78 is 12.0. The number of aromatic nitrogens is 2. The maximum absolute atomic E-state index is 13.4. The van der Waals surface area contributed by atoms with Crippen LogP contribution in [0.15, 0.2) is 36.5 Å². The van der Waals surface area contributed by atoms with Crippen molar-refractivity contribution in [3.8, 4) is 17.7 Å². The average Bonchev–Trinajstić information content (AvgIpc) is 2.96. The average molecular weight is 621 g/mol. The van der Waals surface area contributed by atoms with Crippen LogP contribution in [0.4, 0.5) is 17.3 Å². The van der Waals surface area contributed by atoms with Crippen LogP contribution in [0, 0.1) is 18.3 Å². The fourth-order valence-corrected chi connectivity index (χ4v) is 6.13.